The topological polar surface area (TPSA) is 72.2 Å². The van der Waals surface area contributed by atoms with Crippen LogP contribution in [-0.2, 0) is 0 Å². The molecule has 1 aromatic carbocycles. The number of aromatic nitrogens is 1. The molecule has 6 nitrogen and oxygen atoms in total. The van der Waals surface area contributed by atoms with Crippen LogP contribution in [0.1, 0.15) is 41.7 Å². The fourth-order valence-corrected chi connectivity index (χ4v) is 3.63. The van der Waals surface area contributed by atoms with Crippen LogP contribution >= 0.6 is 12.2 Å². The average Bonchev–Trinajstić information content (AvgIpc) is 3.00. The number of carbonyl (C=O) groups excluding carboxylic acids is 1. The molecule has 4 N–H and O–H groups in total. The van der Waals surface area contributed by atoms with E-state index in [0.29, 0.717) is 10.7 Å². The highest BCUT2D eigenvalue weighted by Gasteiger charge is 2.15. The van der Waals surface area contributed by atoms with Crippen LogP contribution in [0.3, 0.4) is 0 Å². The van der Waals surface area contributed by atoms with Gasteiger partial charge >= 0.3 is 0 Å². The predicted octanol–water partition coefficient (Wildman–Crippen LogP) is 2.46. The second kappa shape index (κ2) is 9.00. The molecule has 3 rings (SSSR count). The Bertz CT molecular complexity index is 766. The molecule has 0 atom stereocenters. The molecular formula is C19H27N5OS. The minimum atomic E-state index is -0.197. The molecule has 0 radical (unpaired) electrons. The summed E-state index contributed by atoms with van der Waals surface area (Å²) < 4.78 is 0. The monoisotopic (exact) mass is 373 g/mol. The van der Waals surface area contributed by atoms with Gasteiger partial charge in [-0.05, 0) is 64.1 Å². The summed E-state index contributed by atoms with van der Waals surface area (Å²) in [6, 6.07) is 7.77. The van der Waals surface area contributed by atoms with Crippen LogP contribution in [0, 0.1) is 6.92 Å². The molecule has 1 saturated heterocycles. The van der Waals surface area contributed by atoms with Crippen molar-refractivity contribution < 1.29 is 4.79 Å². The summed E-state index contributed by atoms with van der Waals surface area (Å²) in [6.07, 6.45) is 5.02. The molecule has 1 fully saturated rings. The van der Waals surface area contributed by atoms with Crippen molar-refractivity contribution >= 4 is 34.1 Å². The molecular weight excluding hydrogens is 346 g/mol. The third kappa shape index (κ3) is 4.74. The second-order valence-electron chi connectivity index (χ2n) is 6.76. The molecule has 2 heterocycles. The fraction of sp³-hybridized carbons (Fsp3) is 0.474. The van der Waals surface area contributed by atoms with Crippen LogP contribution < -0.4 is 16.2 Å². The van der Waals surface area contributed by atoms with Crippen molar-refractivity contribution in [1.82, 2.24) is 26.1 Å². The smallest absolute Gasteiger partial charge is 0.272 e. The van der Waals surface area contributed by atoms with E-state index in [4.69, 9.17) is 12.2 Å². The Morgan fingerprint density at radius 2 is 1.96 bits per heavy atom. The first-order chi connectivity index (χ1) is 12.6. The number of nitrogens with zero attached hydrogens (tertiary/aromatic N) is 1. The van der Waals surface area contributed by atoms with E-state index in [-0.39, 0.29) is 5.91 Å². The molecule has 0 aliphatic carbocycles. The number of likely N-dealkylation sites (tertiary alicyclic amines) is 1. The van der Waals surface area contributed by atoms with E-state index >= 15 is 0 Å². The van der Waals surface area contributed by atoms with Crippen LogP contribution in [0.5, 0.6) is 0 Å². The minimum absolute atomic E-state index is 0.197. The second-order valence-corrected chi connectivity index (χ2v) is 7.17. The average molecular weight is 374 g/mol. The predicted molar refractivity (Wildman–Crippen MR) is 109 cm³/mol. The Labute approximate surface area is 159 Å². The molecule has 7 heteroatoms. The molecule has 1 aromatic heterocycles. The van der Waals surface area contributed by atoms with Gasteiger partial charge in [0.2, 0.25) is 0 Å². The zero-order chi connectivity index (χ0) is 18.4. The van der Waals surface area contributed by atoms with E-state index in [9.17, 15) is 4.79 Å². The largest absolute Gasteiger partial charge is 0.361 e. The Morgan fingerprint density at radius 3 is 2.77 bits per heavy atom. The zero-order valence-electron chi connectivity index (χ0n) is 15.2. The summed E-state index contributed by atoms with van der Waals surface area (Å²) in [7, 11) is 0. The molecule has 1 aliphatic rings. The number of fused-ring (bicyclic) bond motifs is 1. The van der Waals surface area contributed by atoms with E-state index in [0.717, 1.165) is 36.1 Å². The van der Waals surface area contributed by atoms with Crippen LogP contribution in [0.25, 0.3) is 10.9 Å². The number of piperidine rings is 1. The van der Waals surface area contributed by atoms with Crippen molar-refractivity contribution in [3.8, 4) is 0 Å². The van der Waals surface area contributed by atoms with E-state index < -0.39 is 0 Å². The summed E-state index contributed by atoms with van der Waals surface area (Å²) >= 11 is 5.24. The van der Waals surface area contributed by atoms with Crippen LogP contribution in [-0.4, -0.2) is 47.1 Å². The Kier molecular flexibility index (Phi) is 6.46. The molecule has 26 heavy (non-hydrogen) atoms. The zero-order valence-corrected chi connectivity index (χ0v) is 16.0. The lowest BCUT2D eigenvalue weighted by molar-refractivity contribution is 0.0944. The number of carbonyl (C=O) groups is 1. The lowest BCUT2D eigenvalue weighted by Gasteiger charge is -2.26. The van der Waals surface area contributed by atoms with Crippen molar-refractivity contribution in [2.24, 2.45) is 0 Å². The van der Waals surface area contributed by atoms with Gasteiger partial charge in [0.05, 0.1) is 5.56 Å². The molecule has 140 valence electrons. The number of H-pyrrole nitrogens is 1. The Balaban J connectivity index is 1.41. The van der Waals surface area contributed by atoms with Gasteiger partial charge in [0.25, 0.3) is 5.91 Å². The summed E-state index contributed by atoms with van der Waals surface area (Å²) in [5.74, 6) is -0.197. The Hall–Kier alpha value is -2.12. The van der Waals surface area contributed by atoms with Crippen LogP contribution in [0.2, 0.25) is 0 Å². The van der Waals surface area contributed by atoms with Gasteiger partial charge in [-0.15, -0.1) is 0 Å². The van der Waals surface area contributed by atoms with Gasteiger partial charge in [-0.2, -0.15) is 0 Å². The van der Waals surface area contributed by atoms with Gasteiger partial charge in [-0.3, -0.25) is 15.6 Å². The van der Waals surface area contributed by atoms with Gasteiger partial charge in [0.1, 0.15) is 0 Å². The van der Waals surface area contributed by atoms with Crippen molar-refractivity contribution in [2.75, 3.05) is 26.2 Å². The number of para-hydroxylation sites is 1. The highest BCUT2D eigenvalue weighted by Crippen LogP contribution is 2.21. The number of aryl methyl sites for hydroxylation is 1. The summed E-state index contributed by atoms with van der Waals surface area (Å²) in [5.41, 5.74) is 7.91. The maximum absolute atomic E-state index is 12.5. The normalized spacial score (nSPS) is 15.0. The summed E-state index contributed by atoms with van der Waals surface area (Å²) in [6.45, 7) is 6.21. The molecule has 0 spiro atoms. The quantitative estimate of drug-likeness (QED) is 0.368. The minimum Gasteiger partial charge on any atom is -0.361 e. The molecule has 0 bridgehead atoms. The van der Waals surface area contributed by atoms with E-state index in [1.807, 2.05) is 31.2 Å². The highest BCUT2D eigenvalue weighted by atomic mass is 32.1. The maximum atomic E-state index is 12.5. The number of rotatable bonds is 5. The SMILES string of the molecule is Cc1[nH]c2ccccc2c1C(=O)NNC(=S)NCCCN1CCCCC1. The number of benzene rings is 1. The molecule has 0 saturated carbocycles. The number of thiocarbonyl (C=S) groups is 1. The summed E-state index contributed by atoms with van der Waals surface area (Å²) in [4.78, 5) is 18.2. The number of hydrazine groups is 1. The molecule has 2 aromatic rings. The number of hydrogen-bond acceptors (Lipinski definition) is 3. The number of hydrogen-bond donors (Lipinski definition) is 4. The van der Waals surface area contributed by atoms with Crippen molar-refractivity contribution in [3.63, 3.8) is 0 Å². The van der Waals surface area contributed by atoms with Crippen molar-refractivity contribution in [2.45, 2.75) is 32.6 Å². The third-order valence-corrected chi connectivity index (χ3v) is 5.04. The highest BCUT2D eigenvalue weighted by molar-refractivity contribution is 7.80. The third-order valence-electron chi connectivity index (χ3n) is 4.80. The number of amides is 1. The van der Waals surface area contributed by atoms with E-state index in [1.54, 1.807) is 0 Å². The first-order valence-electron chi connectivity index (χ1n) is 9.29. The molecule has 1 amide bonds. The summed E-state index contributed by atoms with van der Waals surface area (Å²) in [5, 5.41) is 4.49. The first-order valence-corrected chi connectivity index (χ1v) is 9.70. The van der Waals surface area contributed by atoms with Gasteiger partial charge in [-0.25, -0.2) is 0 Å². The van der Waals surface area contributed by atoms with Crippen LogP contribution in [0.4, 0.5) is 0 Å². The standard InChI is InChI=1S/C19H27N5OS/c1-14-17(15-8-3-4-9-16(15)21-14)18(25)22-23-19(26)20-10-7-13-24-11-5-2-6-12-24/h3-4,8-9,21H,2,5-7,10-13H2,1H3,(H,22,25)(H2,20,23,26). The molecule has 0 unspecified atom stereocenters. The Morgan fingerprint density at radius 1 is 1.19 bits per heavy atom. The number of aromatic amines is 1. The van der Waals surface area contributed by atoms with Gasteiger partial charge in [-0.1, -0.05) is 24.6 Å². The van der Waals surface area contributed by atoms with E-state index in [1.165, 1.54) is 32.4 Å². The maximum Gasteiger partial charge on any atom is 0.272 e. The van der Waals surface area contributed by atoms with Crippen molar-refractivity contribution in [1.29, 1.82) is 0 Å². The van der Waals surface area contributed by atoms with Crippen molar-refractivity contribution in [3.05, 3.63) is 35.5 Å². The lowest BCUT2D eigenvalue weighted by Crippen LogP contribution is -2.47. The van der Waals surface area contributed by atoms with Gasteiger partial charge in [0.15, 0.2) is 5.11 Å². The number of nitrogens with one attached hydrogen (secondary N) is 4. The fourth-order valence-electron chi connectivity index (χ4n) is 3.48. The van der Waals surface area contributed by atoms with E-state index in [2.05, 4.69) is 26.1 Å². The van der Waals surface area contributed by atoms with Crippen LogP contribution in [0.15, 0.2) is 24.3 Å². The van der Waals surface area contributed by atoms with Gasteiger partial charge in [0, 0.05) is 23.1 Å². The molecule has 1 aliphatic heterocycles. The lowest BCUT2D eigenvalue weighted by atomic mass is 10.1. The van der Waals surface area contributed by atoms with Gasteiger partial charge < -0.3 is 15.2 Å². The first kappa shape index (κ1) is 18.7.